The number of hydrazine groups is 1. The van der Waals surface area contributed by atoms with Crippen molar-refractivity contribution in [3.8, 4) is 11.1 Å². The van der Waals surface area contributed by atoms with Crippen molar-refractivity contribution in [2.75, 3.05) is 0 Å². The maximum atomic E-state index is 13.0. The van der Waals surface area contributed by atoms with Gasteiger partial charge in [0.2, 0.25) is 11.7 Å². The fourth-order valence-electron chi connectivity index (χ4n) is 2.23. The topological polar surface area (TPSA) is 88.5 Å². The van der Waals surface area contributed by atoms with Gasteiger partial charge in [0.25, 0.3) is 0 Å². The van der Waals surface area contributed by atoms with Gasteiger partial charge in [-0.1, -0.05) is 35.3 Å². The van der Waals surface area contributed by atoms with Gasteiger partial charge in [0, 0.05) is 11.1 Å². The number of guanidine groups is 1. The van der Waals surface area contributed by atoms with Gasteiger partial charge in [0.1, 0.15) is 5.82 Å². The summed E-state index contributed by atoms with van der Waals surface area (Å²) in [5, 5.41) is 0.753. The van der Waals surface area contributed by atoms with Gasteiger partial charge in [-0.2, -0.15) is 5.43 Å². The standard InChI is InChI=1S/C14H12Cl2FN5/c15-10-5-8(14(19)20-13(18)21-22-14)6-11(16)12(10)7-1-3-9(17)4-2-7/h1-6,22H,19H2,(H3,18,20,21). The maximum absolute atomic E-state index is 13.0. The van der Waals surface area contributed by atoms with E-state index in [-0.39, 0.29) is 11.8 Å². The van der Waals surface area contributed by atoms with E-state index in [1.165, 1.54) is 12.1 Å². The first-order valence-corrected chi connectivity index (χ1v) is 7.07. The Hall–Kier alpha value is -1.86. The summed E-state index contributed by atoms with van der Waals surface area (Å²) in [5.41, 5.74) is 18.9. The van der Waals surface area contributed by atoms with Crippen LogP contribution in [0.2, 0.25) is 10.0 Å². The lowest BCUT2D eigenvalue weighted by molar-refractivity contribution is 0.375. The molecule has 1 heterocycles. The van der Waals surface area contributed by atoms with Crippen LogP contribution < -0.4 is 22.3 Å². The molecule has 114 valence electrons. The molecular weight excluding hydrogens is 328 g/mol. The van der Waals surface area contributed by atoms with Crippen LogP contribution >= 0.6 is 23.2 Å². The van der Waals surface area contributed by atoms with E-state index in [9.17, 15) is 4.39 Å². The maximum Gasteiger partial charge on any atom is 0.209 e. The number of nitrogens with one attached hydrogen (secondary N) is 2. The van der Waals surface area contributed by atoms with E-state index in [2.05, 4.69) is 15.8 Å². The number of benzene rings is 2. The highest BCUT2D eigenvalue weighted by molar-refractivity contribution is 6.39. The first-order valence-electron chi connectivity index (χ1n) is 6.32. The van der Waals surface area contributed by atoms with E-state index >= 15 is 0 Å². The Bertz CT molecular complexity index is 739. The minimum atomic E-state index is -1.25. The van der Waals surface area contributed by atoms with E-state index in [0.717, 1.165) is 0 Å². The third-order valence-corrected chi connectivity index (χ3v) is 3.89. The number of halogens is 3. The van der Waals surface area contributed by atoms with Crippen molar-refractivity contribution in [1.29, 1.82) is 0 Å². The van der Waals surface area contributed by atoms with Crippen LogP contribution in [0.1, 0.15) is 5.56 Å². The van der Waals surface area contributed by atoms with Crippen molar-refractivity contribution in [2.24, 2.45) is 16.5 Å². The zero-order valence-electron chi connectivity index (χ0n) is 11.2. The van der Waals surface area contributed by atoms with Gasteiger partial charge in [-0.15, -0.1) is 0 Å². The first-order chi connectivity index (χ1) is 10.4. The summed E-state index contributed by atoms with van der Waals surface area (Å²) in [6.45, 7) is 0. The molecule has 0 radical (unpaired) electrons. The molecule has 0 amide bonds. The zero-order valence-corrected chi connectivity index (χ0v) is 12.7. The Morgan fingerprint density at radius 3 is 2.18 bits per heavy atom. The molecule has 0 saturated carbocycles. The molecule has 2 aromatic rings. The number of hydrogen-bond acceptors (Lipinski definition) is 5. The molecule has 22 heavy (non-hydrogen) atoms. The molecule has 1 aliphatic heterocycles. The molecule has 0 spiro atoms. The zero-order chi connectivity index (χ0) is 15.9. The average molecular weight is 340 g/mol. The molecule has 3 rings (SSSR count). The molecule has 0 bridgehead atoms. The molecular formula is C14H12Cl2FN5. The largest absolute Gasteiger partial charge is 0.369 e. The summed E-state index contributed by atoms with van der Waals surface area (Å²) < 4.78 is 13.0. The molecule has 8 heteroatoms. The summed E-state index contributed by atoms with van der Waals surface area (Å²) in [7, 11) is 0. The van der Waals surface area contributed by atoms with E-state index in [1.807, 2.05) is 0 Å². The van der Waals surface area contributed by atoms with Crippen LogP contribution in [-0.4, -0.2) is 5.96 Å². The lowest BCUT2D eigenvalue weighted by Gasteiger charge is -2.22. The number of rotatable bonds is 2. The van der Waals surface area contributed by atoms with Gasteiger partial charge in [0.05, 0.1) is 10.0 Å². The Morgan fingerprint density at radius 2 is 1.68 bits per heavy atom. The van der Waals surface area contributed by atoms with Crippen LogP contribution in [0.3, 0.4) is 0 Å². The minimum absolute atomic E-state index is 0.164. The quantitative estimate of drug-likeness (QED) is 0.675. The first kappa shape index (κ1) is 15.1. The fourth-order valence-corrected chi connectivity index (χ4v) is 2.93. The predicted molar refractivity (Wildman–Crippen MR) is 85.6 cm³/mol. The van der Waals surface area contributed by atoms with Crippen molar-refractivity contribution < 1.29 is 4.39 Å². The van der Waals surface area contributed by atoms with Crippen LogP contribution in [0.15, 0.2) is 41.4 Å². The van der Waals surface area contributed by atoms with Crippen molar-refractivity contribution in [2.45, 2.75) is 5.79 Å². The third kappa shape index (κ3) is 2.62. The summed E-state index contributed by atoms with van der Waals surface area (Å²) >= 11 is 12.6. The van der Waals surface area contributed by atoms with Gasteiger partial charge in [-0.25, -0.2) is 9.38 Å². The molecule has 1 aliphatic rings. The normalized spacial score (nSPS) is 20.6. The van der Waals surface area contributed by atoms with Gasteiger partial charge in [0.15, 0.2) is 0 Å². The molecule has 0 aromatic heterocycles. The highest BCUT2D eigenvalue weighted by Gasteiger charge is 2.32. The lowest BCUT2D eigenvalue weighted by atomic mass is 10.0. The van der Waals surface area contributed by atoms with Crippen LogP contribution in [0, 0.1) is 5.82 Å². The molecule has 0 aliphatic carbocycles. The molecule has 5 nitrogen and oxygen atoms in total. The summed E-state index contributed by atoms with van der Waals surface area (Å²) in [5.74, 6) is -1.42. The Morgan fingerprint density at radius 1 is 1.09 bits per heavy atom. The van der Waals surface area contributed by atoms with Crippen molar-refractivity contribution >= 4 is 29.2 Å². The number of nitrogens with zero attached hydrogens (tertiary/aromatic N) is 1. The molecule has 1 unspecified atom stereocenters. The van der Waals surface area contributed by atoms with E-state index in [1.54, 1.807) is 24.3 Å². The Balaban J connectivity index is 2.08. The van der Waals surface area contributed by atoms with Gasteiger partial charge >= 0.3 is 0 Å². The van der Waals surface area contributed by atoms with E-state index in [0.29, 0.717) is 26.7 Å². The SMILES string of the molecule is NC1=NC(N)(c2cc(Cl)c(-c3ccc(F)cc3)c(Cl)c2)NN1. The van der Waals surface area contributed by atoms with Crippen molar-refractivity contribution in [3.63, 3.8) is 0 Å². The number of nitrogens with two attached hydrogens (primary N) is 2. The lowest BCUT2D eigenvalue weighted by Crippen LogP contribution is -2.50. The summed E-state index contributed by atoms with van der Waals surface area (Å²) in [4.78, 5) is 4.07. The Kier molecular flexibility index (Phi) is 3.70. The second-order valence-corrected chi connectivity index (χ2v) is 5.65. The van der Waals surface area contributed by atoms with Gasteiger partial charge in [-0.05, 0) is 29.8 Å². The van der Waals surface area contributed by atoms with Crippen molar-refractivity contribution in [1.82, 2.24) is 10.9 Å². The van der Waals surface area contributed by atoms with Crippen LogP contribution in [0.4, 0.5) is 4.39 Å². The summed E-state index contributed by atoms with van der Waals surface area (Å²) in [6, 6.07) is 9.17. The monoisotopic (exact) mass is 339 g/mol. The molecule has 2 aromatic carbocycles. The molecule has 6 N–H and O–H groups in total. The van der Waals surface area contributed by atoms with Gasteiger partial charge < -0.3 is 5.73 Å². The molecule has 0 saturated heterocycles. The Labute approximate surface area is 136 Å². The molecule has 0 fully saturated rings. The fraction of sp³-hybridized carbons (Fsp3) is 0.0714. The predicted octanol–water partition coefficient (Wildman–Crippen LogP) is 2.29. The number of aliphatic imine (C=N–C) groups is 1. The smallest absolute Gasteiger partial charge is 0.209 e. The summed E-state index contributed by atoms with van der Waals surface area (Å²) in [6.07, 6.45) is 0. The highest BCUT2D eigenvalue weighted by Crippen LogP contribution is 2.38. The van der Waals surface area contributed by atoms with E-state index in [4.69, 9.17) is 34.7 Å². The highest BCUT2D eigenvalue weighted by atomic mass is 35.5. The van der Waals surface area contributed by atoms with Gasteiger partial charge in [-0.3, -0.25) is 11.2 Å². The van der Waals surface area contributed by atoms with Crippen LogP contribution in [-0.2, 0) is 5.79 Å². The average Bonchev–Trinajstić information content (AvgIpc) is 2.81. The second kappa shape index (κ2) is 5.40. The van der Waals surface area contributed by atoms with Crippen LogP contribution in [0.5, 0.6) is 0 Å². The second-order valence-electron chi connectivity index (χ2n) is 4.84. The number of hydrogen-bond donors (Lipinski definition) is 4. The minimum Gasteiger partial charge on any atom is -0.369 e. The van der Waals surface area contributed by atoms with E-state index < -0.39 is 5.79 Å². The van der Waals surface area contributed by atoms with Crippen LogP contribution in [0.25, 0.3) is 11.1 Å². The third-order valence-electron chi connectivity index (χ3n) is 3.29. The van der Waals surface area contributed by atoms with Crippen molar-refractivity contribution in [3.05, 3.63) is 57.8 Å². The molecule has 1 atom stereocenters.